The van der Waals surface area contributed by atoms with E-state index in [1.165, 1.54) is 26.2 Å². The van der Waals surface area contributed by atoms with Crippen LogP contribution in [-0.2, 0) is 0 Å². The van der Waals surface area contributed by atoms with Gasteiger partial charge in [-0.25, -0.2) is 14.4 Å². The second kappa shape index (κ2) is 10.8. The van der Waals surface area contributed by atoms with Crippen molar-refractivity contribution in [2.45, 2.75) is 39.0 Å². The molecule has 0 saturated carbocycles. The zero-order valence-corrected chi connectivity index (χ0v) is 21.2. The summed E-state index contributed by atoms with van der Waals surface area (Å²) in [5.74, 6) is -0.172. The van der Waals surface area contributed by atoms with Crippen molar-refractivity contribution in [1.29, 1.82) is 5.26 Å². The van der Waals surface area contributed by atoms with E-state index < -0.39 is 24.2 Å². The molecule has 0 radical (unpaired) electrons. The molecule has 0 aliphatic heterocycles. The topological polar surface area (TPSA) is 133 Å². The van der Waals surface area contributed by atoms with Crippen molar-refractivity contribution in [2.75, 3.05) is 11.9 Å². The first kappa shape index (κ1) is 26.4. The molecule has 9 nitrogen and oxygen atoms in total. The molecule has 0 spiro atoms. The highest BCUT2D eigenvalue weighted by Crippen LogP contribution is 2.26. The first-order chi connectivity index (χ1) is 18.1. The smallest absolute Gasteiger partial charge is 0.255 e. The number of carbonyl (C=O) groups excluding carboxylic acids is 2. The Balaban J connectivity index is 1.73. The predicted octanol–water partition coefficient (Wildman–Crippen LogP) is 4.47. The van der Waals surface area contributed by atoms with Crippen molar-refractivity contribution in [3.63, 3.8) is 0 Å². The lowest BCUT2D eigenvalue weighted by Gasteiger charge is -2.22. The van der Waals surface area contributed by atoms with Gasteiger partial charge in [-0.1, -0.05) is 19.1 Å². The van der Waals surface area contributed by atoms with Gasteiger partial charge < -0.3 is 15.7 Å². The van der Waals surface area contributed by atoms with Crippen LogP contribution in [0.2, 0.25) is 0 Å². The van der Waals surface area contributed by atoms with E-state index >= 15 is 0 Å². The van der Waals surface area contributed by atoms with E-state index in [1.807, 2.05) is 0 Å². The molecule has 1 atom stereocenters. The van der Waals surface area contributed by atoms with E-state index in [0.29, 0.717) is 40.4 Å². The Bertz CT molecular complexity index is 1550. The molecule has 38 heavy (non-hydrogen) atoms. The summed E-state index contributed by atoms with van der Waals surface area (Å²) < 4.78 is 16.0. The van der Waals surface area contributed by atoms with Crippen LogP contribution in [0.3, 0.4) is 0 Å². The monoisotopic (exact) mass is 514 g/mol. The number of halogens is 1. The van der Waals surface area contributed by atoms with Crippen molar-refractivity contribution in [1.82, 2.24) is 19.9 Å². The lowest BCUT2D eigenvalue weighted by Crippen LogP contribution is -2.42. The van der Waals surface area contributed by atoms with Gasteiger partial charge in [-0.3, -0.25) is 14.2 Å². The third kappa shape index (κ3) is 5.68. The zero-order chi connectivity index (χ0) is 27.4. The Morgan fingerprint density at radius 1 is 1.18 bits per heavy atom. The lowest BCUT2D eigenvalue weighted by atomic mass is 10.0. The maximum absolute atomic E-state index is 14.3. The third-order valence-corrected chi connectivity index (χ3v) is 6.03. The van der Waals surface area contributed by atoms with Gasteiger partial charge >= 0.3 is 0 Å². The van der Waals surface area contributed by atoms with Crippen molar-refractivity contribution >= 4 is 34.1 Å². The Kier molecular flexibility index (Phi) is 7.50. The molecule has 3 aromatic heterocycles. The number of nitrogens with zero attached hydrogens (tertiary/aromatic N) is 4. The molecule has 1 amide bonds. The molecule has 3 heterocycles. The second-order valence-electron chi connectivity index (χ2n) is 9.34. The number of carbonyl (C=O) groups is 2. The van der Waals surface area contributed by atoms with E-state index in [4.69, 9.17) is 5.26 Å². The summed E-state index contributed by atoms with van der Waals surface area (Å²) in [6, 6.07) is 14.1. The number of aromatic nitrogens is 3. The Hall–Kier alpha value is -4.62. The molecule has 3 N–H and O–H groups in total. The molecular formula is C28H27FN6O3. The number of benzene rings is 1. The van der Waals surface area contributed by atoms with Crippen LogP contribution in [0.5, 0.6) is 0 Å². The van der Waals surface area contributed by atoms with Gasteiger partial charge in [0, 0.05) is 47.7 Å². The predicted molar refractivity (Wildman–Crippen MR) is 141 cm³/mol. The maximum atomic E-state index is 14.3. The van der Waals surface area contributed by atoms with Crippen molar-refractivity contribution in [3.05, 3.63) is 77.7 Å². The summed E-state index contributed by atoms with van der Waals surface area (Å²) >= 11 is 0. The quantitative estimate of drug-likeness (QED) is 0.281. The minimum atomic E-state index is -1.68. The number of nitrogens with one attached hydrogen (secondary N) is 2. The molecule has 0 bridgehead atoms. The summed E-state index contributed by atoms with van der Waals surface area (Å²) in [7, 11) is 0. The number of fused-ring (bicyclic) bond motifs is 1. The van der Waals surface area contributed by atoms with Crippen LogP contribution in [0, 0.1) is 11.3 Å². The highest BCUT2D eigenvalue weighted by molar-refractivity contribution is 6.01. The number of Topliss-reactive ketones (excluding diaryl/α,β-unsaturated/α-hetero) is 1. The van der Waals surface area contributed by atoms with Crippen LogP contribution in [0.4, 0.5) is 15.8 Å². The van der Waals surface area contributed by atoms with Gasteiger partial charge in [-0.15, -0.1) is 0 Å². The number of aliphatic hydroxyl groups is 1. The summed E-state index contributed by atoms with van der Waals surface area (Å²) in [4.78, 5) is 34.1. The summed E-state index contributed by atoms with van der Waals surface area (Å²) in [5, 5.41) is 25.5. The third-order valence-electron chi connectivity index (χ3n) is 6.03. The summed E-state index contributed by atoms with van der Waals surface area (Å²) in [6.45, 7) is 4.04. The summed E-state index contributed by atoms with van der Waals surface area (Å²) in [6.07, 6.45) is 3.25. The van der Waals surface area contributed by atoms with Crippen LogP contribution < -0.4 is 10.6 Å². The molecule has 4 aromatic rings. The zero-order valence-electron chi connectivity index (χ0n) is 21.2. The van der Waals surface area contributed by atoms with Gasteiger partial charge in [0.25, 0.3) is 5.91 Å². The first-order valence-electron chi connectivity index (χ1n) is 12.0. The van der Waals surface area contributed by atoms with Crippen LogP contribution in [0.1, 0.15) is 53.5 Å². The fourth-order valence-electron chi connectivity index (χ4n) is 3.79. The van der Waals surface area contributed by atoms with E-state index in [1.54, 1.807) is 60.2 Å². The largest absolute Gasteiger partial charge is 0.387 e. The van der Waals surface area contributed by atoms with E-state index in [9.17, 15) is 19.1 Å². The lowest BCUT2D eigenvalue weighted by molar-refractivity contribution is -0.00177. The number of nitriles is 1. The molecule has 0 saturated heterocycles. The van der Waals surface area contributed by atoms with Gasteiger partial charge in [0.15, 0.2) is 5.78 Å². The Morgan fingerprint density at radius 3 is 2.68 bits per heavy atom. The van der Waals surface area contributed by atoms with Crippen LogP contribution >= 0.6 is 0 Å². The molecule has 0 aliphatic carbocycles. The van der Waals surface area contributed by atoms with E-state index in [-0.39, 0.29) is 11.3 Å². The van der Waals surface area contributed by atoms with E-state index in [2.05, 4.69) is 26.7 Å². The van der Waals surface area contributed by atoms with Gasteiger partial charge in [0.2, 0.25) is 0 Å². The Morgan fingerprint density at radius 2 is 1.97 bits per heavy atom. The van der Waals surface area contributed by atoms with Crippen molar-refractivity contribution in [2.24, 2.45) is 0 Å². The number of rotatable bonds is 9. The van der Waals surface area contributed by atoms with Crippen LogP contribution in [-0.4, -0.2) is 49.6 Å². The number of ketones is 1. The highest BCUT2D eigenvalue weighted by atomic mass is 19.1. The summed E-state index contributed by atoms with van der Waals surface area (Å²) in [5.41, 5.74) is 0.984. The molecule has 4 rings (SSSR count). The van der Waals surface area contributed by atoms with Gasteiger partial charge in [0.05, 0.1) is 29.0 Å². The van der Waals surface area contributed by atoms with Crippen molar-refractivity contribution in [3.8, 4) is 11.9 Å². The number of pyridine rings is 2. The highest BCUT2D eigenvalue weighted by Gasteiger charge is 2.27. The van der Waals surface area contributed by atoms with E-state index in [0.717, 1.165) is 5.39 Å². The van der Waals surface area contributed by atoms with Crippen LogP contribution in [0.15, 0.2) is 61.1 Å². The van der Waals surface area contributed by atoms with Gasteiger partial charge in [0.1, 0.15) is 23.7 Å². The number of hydrogen-bond acceptors (Lipinski definition) is 7. The van der Waals surface area contributed by atoms with Crippen LogP contribution in [0.25, 0.3) is 16.9 Å². The average Bonchev–Trinajstić information content (AvgIpc) is 3.33. The standard InChI is InChI=1S/C28H27FN6O3/c1-4-23(36)18-6-5-7-20(11-18)34-22-12-25(35-9-8-19-10-17(13-30)14-32-26(19)35)31-15-21(22)27(37)33-16-24(29)28(2,3)38/h5-12,14-15,24,38H,4,16H2,1-3H3,(H,31,34)(H,33,37)/t24-/m1/s1. The average molecular weight is 515 g/mol. The van der Waals surface area contributed by atoms with Gasteiger partial charge in [-0.2, -0.15) is 5.26 Å². The normalized spacial score (nSPS) is 12.1. The minimum absolute atomic E-state index is 0.0238. The molecule has 0 fully saturated rings. The van der Waals surface area contributed by atoms with Gasteiger partial charge in [-0.05, 0) is 38.1 Å². The Labute approximate surface area is 219 Å². The molecule has 10 heteroatoms. The SMILES string of the molecule is CCC(=O)c1cccc(Nc2cc(-n3ccc4cc(C#N)cnc43)ncc2C(=O)NC[C@@H](F)C(C)(C)O)c1. The van der Waals surface area contributed by atoms with Crippen molar-refractivity contribution < 1.29 is 19.1 Å². The molecule has 1 aromatic carbocycles. The molecule has 0 unspecified atom stereocenters. The first-order valence-corrected chi connectivity index (χ1v) is 12.0. The number of anilines is 2. The fraction of sp³-hybridized carbons (Fsp3) is 0.250. The number of hydrogen-bond donors (Lipinski definition) is 3. The number of alkyl halides is 1. The fourth-order valence-corrected chi connectivity index (χ4v) is 3.79. The molecular weight excluding hydrogens is 487 g/mol. The number of amides is 1. The molecule has 194 valence electrons. The minimum Gasteiger partial charge on any atom is -0.387 e. The molecule has 0 aliphatic rings. The maximum Gasteiger partial charge on any atom is 0.255 e. The second-order valence-corrected chi connectivity index (χ2v) is 9.34.